The first-order chi connectivity index (χ1) is 9.54. The van der Waals surface area contributed by atoms with Crippen LogP contribution in [-0.2, 0) is 0 Å². The molecule has 2 nitrogen and oxygen atoms in total. The molecule has 1 aliphatic heterocycles. The zero-order valence-corrected chi connectivity index (χ0v) is 11.9. The number of benzene rings is 2. The molecule has 0 fully saturated rings. The van der Waals surface area contributed by atoms with Crippen molar-refractivity contribution in [1.29, 1.82) is 0 Å². The Morgan fingerprint density at radius 2 is 1.90 bits per heavy atom. The minimum absolute atomic E-state index is 0.123. The van der Waals surface area contributed by atoms with Crippen LogP contribution in [0.4, 0.5) is 8.78 Å². The molecule has 0 amide bonds. The first-order valence-corrected chi connectivity index (χ1v) is 6.93. The van der Waals surface area contributed by atoms with E-state index in [9.17, 15) is 13.9 Å². The Balaban J connectivity index is 1.99. The molecule has 2 atom stereocenters. The third-order valence-electron chi connectivity index (χ3n) is 3.34. The number of rotatable bonds is 1. The molecule has 1 aliphatic rings. The van der Waals surface area contributed by atoms with E-state index in [-0.39, 0.29) is 12.0 Å². The fourth-order valence-electron chi connectivity index (χ4n) is 2.37. The molecule has 0 saturated carbocycles. The van der Waals surface area contributed by atoms with Gasteiger partial charge in [0.15, 0.2) is 0 Å². The van der Waals surface area contributed by atoms with Crippen molar-refractivity contribution in [2.45, 2.75) is 18.6 Å². The Kier molecular flexibility index (Phi) is 3.48. The van der Waals surface area contributed by atoms with E-state index in [2.05, 4.69) is 15.9 Å². The van der Waals surface area contributed by atoms with Crippen LogP contribution in [0.15, 0.2) is 40.9 Å². The van der Waals surface area contributed by atoms with Crippen molar-refractivity contribution in [3.63, 3.8) is 0 Å². The second-order valence-electron chi connectivity index (χ2n) is 4.71. The number of aliphatic hydroxyl groups excluding tert-OH is 1. The number of halogens is 3. The maximum absolute atomic E-state index is 13.8. The third kappa shape index (κ3) is 2.43. The molecule has 1 heterocycles. The zero-order valence-electron chi connectivity index (χ0n) is 10.3. The fraction of sp³-hybridized carbons (Fsp3) is 0.200. The van der Waals surface area contributed by atoms with Gasteiger partial charge >= 0.3 is 0 Å². The van der Waals surface area contributed by atoms with E-state index in [4.69, 9.17) is 4.74 Å². The topological polar surface area (TPSA) is 29.5 Å². The number of hydrogen-bond donors (Lipinski definition) is 1. The summed E-state index contributed by atoms with van der Waals surface area (Å²) in [6, 6.07) is 8.47. The molecular formula is C15H11BrF2O2. The molecule has 2 unspecified atom stereocenters. The van der Waals surface area contributed by atoms with Gasteiger partial charge in [-0.25, -0.2) is 8.78 Å². The van der Waals surface area contributed by atoms with Gasteiger partial charge in [0.1, 0.15) is 23.5 Å². The maximum Gasteiger partial charge on any atom is 0.130 e. The second kappa shape index (κ2) is 5.14. The lowest BCUT2D eigenvalue weighted by molar-refractivity contribution is 0.0638. The summed E-state index contributed by atoms with van der Waals surface area (Å²) in [6.45, 7) is 0. The molecule has 0 bridgehead atoms. The summed E-state index contributed by atoms with van der Waals surface area (Å²) in [5, 5.41) is 10.2. The van der Waals surface area contributed by atoms with Gasteiger partial charge in [-0.2, -0.15) is 0 Å². The van der Waals surface area contributed by atoms with Gasteiger partial charge in [0.05, 0.1) is 6.10 Å². The standard InChI is InChI=1S/C15H11BrF2O2/c16-8-1-4-14-11(5-8)13(19)7-15(20-14)10-6-9(17)2-3-12(10)18/h1-6,13,15,19H,7H2. The van der Waals surface area contributed by atoms with Crippen molar-refractivity contribution in [3.8, 4) is 5.75 Å². The highest BCUT2D eigenvalue weighted by molar-refractivity contribution is 9.10. The Morgan fingerprint density at radius 3 is 2.70 bits per heavy atom. The summed E-state index contributed by atoms with van der Waals surface area (Å²) in [6.07, 6.45) is -1.29. The largest absolute Gasteiger partial charge is 0.485 e. The summed E-state index contributed by atoms with van der Waals surface area (Å²) in [4.78, 5) is 0. The van der Waals surface area contributed by atoms with E-state index in [0.29, 0.717) is 11.3 Å². The van der Waals surface area contributed by atoms with Crippen LogP contribution in [0.1, 0.15) is 29.8 Å². The molecule has 20 heavy (non-hydrogen) atoms. The van der Waals surface area contributed by atoms with Gasteiger partial charge in [0.2, 0.25) is 0 Å². The monoisotopic (exact) mass is 340 g/mol. The Hall–Kier alpha value is -1.46. The highest BCUT2D eigenvalue weighted by Crippen LogP contribution is 2.42. The molecule has 0 radical (unpaired) electrons. The average Bonchev–Trinajstić information content (AvgIpc) is 2.42. The fourth-order valence-corrected chi connectivity index (χ4v) is 2.75. The van der Waals surface area contributed by atoms with E-state index in [1.165, 1.54) is 0 Å². The van der Waals surface area contributed by atoms with Crippen LogP contribution in [0.25, 0.3) is 0 Å². The summed E-state index contributed by atoms with van der Waals surface area (Å²) < 4.78 is 33.6. The molecular weight excluding hydrogens is 330 g/mol. The lowest BCUT2D eigenvalue weighted by Gasteiger charge is -2.30. The van der Waals surface area contributed by atoms with Crippen LogP contribution in [0.3, 0.4) is 0 Å². The molecule has 104 valence electrons. The van der Waals surface area contributed by atoms with Gasteiger partial charge in [0.25, 0.3) is 0 Å². The number of fused-ring (bicyclic) bond motifs is 1. The Morgan fingerprint density at radius 1 is 1.10 bits per heavy atom. The third-order valence-corrected chi connectivity index (χ3v) is 3.84. The molecule has 5 heteroatoms. The van der Waals surface area contributed by atoms with Crippen molar-refractivity contribution < 1.29 is 18.6 Å². The molecule has 0 aliphatic carbocycles. The first-order valence-electron chi connectivity index (χ1n) is 6.13. The predicted molar refractivity (Wildman–Crippen MR) is 73.4 cm³/mol. The van der Waals surface area contributed by atoms with Gasteiger partial charge in [-0.15, -0.1) is 0 Å². The molecule has 2 aromatic rings. The van der Waals surface area contributed by atoms with Gasteiger partial charge in [0, 0.05) is 22.0 Å². The zero-order chi connectivity index (χ0) is 14.3. The number of ether oxygens (including phenoxy) is 1. The first kappa shape index (κ1) is 13.5. The van der Waals surface area contributed by atoms with Crippen molar-refractivity contribution in [1.82, 2.24) is 0 Å². The van der Waals surface area contributed by atoms with Crippen LogP contribution in [0.5, 0.6) is 5.75 Å². The predicted octanol–water partition coefficient (Wildman–Crippen LogP) is 4.28. The minimum atomic E-state index is -0.774. The molecule has 3 rings (SSSR count). The second-order valence-corrected chi connectivity index (χ2v) is 5.62. The summed E-state index contributed by atoms with van der Waals surface area (Å²) in [7, 11) is 0. The Bertz CT molecular complexity index is 660. The quantitative estimate of drug-likeness (QED) is 0.839. The normalized spacial score (nSPS) is 21.2. The van der Waals surface area contributed by atoms with E-state index in [1.54, 1.807) is 18.2 Å². The highest BCUT2D eigenvalue weighted by atomic mass is 79.9. The van der Waals surface area contributed by atoms with Crippen LogP contribution < -0.4 is 4.74 Å². The van der Waals surface area contributed by atoms with Gasteiger partial charge in [-0.3, -0.25) is 0 Å². The number of hydrogen-bond acceptors (Lipinski definition) is 2. The highest BCUT2D eigenvalue weighted by Gasteiger charge is 2.30. The average molecular weight is 341 g/mol. The van der Waals surface area contributed by atoms with Crippen LogP contribution >= 0.6 is 15.9 Å². The molecule has 0 spiro atoms. The Labute approximate surface area is 123 Å². The van der Waals surface area contributed by atoms with Crippen LogP contribution in [0, 0.1) is 11.6 Å². The van der Waals surface area contributed by atoms with E-state index in [0.717, 1.165) is 22.7 Å². The van der Waals surface area contributed by atoms with Gasteiger partial charge in [-0.1, -0.05) is 15.9 Å². The molecule has 0 saturated heterocycles. The summed E-state index contributed by atoms with van der Waals surface area (Å²) >= 11 is 3.32. The van der Waals surface area contributed by atoms with E-state index >= 15 is 0 Å². The van der Waals surface area contributed by atoms with E-state index < -0.39 is 23.8 Å². The van der Waals surface area contributed by atoms with Crippen molar-refractivity contribution in [2.75, 3.05) is 0 Å². The van der Waals surface area contributed by atoms with Crippen LogP contribution in [-0.4, -0.2) is 5.11 Å². The van der Waals surface area contributed by atoms with Gasteiger partial charge in [-0.05, 0) is 36.4 Å². The smallest absolute Gasteiger partial charge is 0.130 e. The molecule has 0 aromatic heterocycles. The van der Waals surface area contributed by atoms with Crippen molar-refractivity contribution >= 4 is 15.9 Å². The minimum Gasteiger partial charge on any atom is -0.485 e. The lowest BCUT2D eigenvalue weighted by Crippen LogP contribution is -2.20. The lowest BCUT2D eigenvalue weighted by atomic mass is 9.95. The van der Waals surface area contributed by atoms with E-state index in [1.807, 2.05) is 0 Å². The number of aliphatic hydroxyl groups is 1. The summed E-state index contributed by atoms with van der Waals surface area (Å²) in [5.41, 5.74) is 0.769. The molecule has 1 N–H and O–H groups in total. The SMILES string of the molecule is OC1CC(c2cc(F)ccc2F)Oc2ccc(Br)cc21. The van der Waals surface area contributed by atoms with Crippen LogP contribution in [0.2, 0.25) is 0 Å². The van der Waals surface area contributed by atoms with Crippen molar-refractivity contribution in [3.05, 3.63) is 63.6 Å². The summed E-state index contributed by atoms with van der Waals surface area (Å²) in [5.74, 6) is -0.578. The molecule has 2 aromatic carbocycles. The maximum atomic E-state index is 13.8. The van der Waals surface area contributed by atoms with Gasteiger partial charge < -0.3 is 9.84 Å². The van der Waals surface area contributed by atoms with Crippen molar-refractivity contribution in [2.24, 2.45) is 0 Å².